The van der Waals surface area contributed by atoms with Gasteiger partial charge in [0.15, 0.2) is 0 Å². The second-order valence-corrected chi connectivity index (χ2v) is 6.71. The average Bonchev–Trinajstić information content (AvgIpc) is 2.93. The molecular formula is C17H22N2O2S. The molecule has 0 saturated heterocycles. The molecule has 0 unspecified atom stereocenters. The van der Waals surface area contributed by atoms with Crippen molar-refractivity contribution in [2.24, 2.45) is 0 Å². The number of nitrogens with one attached hydrogen (secondary N) is 1. The highest BCUT2D eigenvalue weighted by Gasteiger charge is 2.22. The topological polar surface area (TPSA) is 54.4 Å². The molecule has 0 atom stereocenters. The standard InChI is InChI=1S/C17H22N2O2S/c1-2-21-16-7-6-14(8-13(16)11-20)18-9-15-10-19-17(22-15)12-4-3-5-12/h6-8,10,12,18,20H,2-5,9,11H2,1H3. The highest BCUT2D eigenvalue weighted by molar-refractivity contribution is 7.11. The minimum Gasteiger partial charge on any atom is -0.494 e. The van der Waals surface area contributed by atoms with Gasteiger partial charge in [0, 0.05) is 28.2 Å². The third-order valence-corrected chi connectivity index (χ3v) is 5.18. The number of anilines is 1. The maximum atomic E-state index is 9.44. The number of benzene rings is 1. The van der Waals surface area contributed by atoms with Crippen LogP contribution in [0.15, 0.2) is 24.4 Å². The Morgan fingerprint density at radius 3 is 2.95 bits per heavy atom. The largest absolute Gasteiger partial charge is 0.494 e. The molecule has 1 aliphatic carbocycles. The summed E-state index contributed by atoms with van der Waals surface area (Å²) in [6.07, 6.45) is 5.90. The average molecular weight is 318 g/mol. The van der Waals surface area contributed by atoms with E-state index in [1.54, 1.807) is 0 Å². The first-order valence-electron chi connectivity index (χ1n) is 7.85. The van der Waals surface area contributed by atoms with E-state index < -0.39 is 0 Å². The molecule has 0 aliphatic heterocycles. The quantitative estimate of drug-likeness (QED) is 0.812. The van der Waals surface area contributed by atoms with Crippen LogP contribution in [0, 0.1) is 0 Å². The molecule has 118 valence electrons. The van der Waals surface area contributed by atoms with Crippen LogP contribution in [0.2, 0.25) is 0 Å². The number of aromatic nitrogens is 1. The zero-order valence-corrected chi connectivity index (χ0v) is 13.7. The van der Waals surface area contributed by atoms with Crippen LogP contribution in [-0.4, -0.2) is 16.7 Å². The Morgan fingerprint density at radius 1 is 1.41 bits per heavy atom. The Kier molecular flexibility index (Phi) is 4.95. The smallest absolute Gasteiger partial charge is 0.124 e. The molecule has 1 aromatic heterocycles. The number of thiazole rings is 1. The van der Waals surface area contributed by atoms with Crippen molar-refractivity contribution < 1.29 is 9.84 Å². The van der Waals surface area contributed by atoms with Crippen molar-refractivity contribution in [3.05, 3.63) is 39.8 Å². The molecule has 0 radical (unpaired) electrons. The van der Waals surface area contributed by atoms with Crippen molar-refractivity contribution in [2.75, 3.05) is 11.9 Å². The van der Waals surface area contributed by atoms with Crippen LogP contribution < -0.4 is 10.1 Å². The molecule has 1 heterocycles. The van der Waals surface area contributed by atoms with Gasteiger partial charge < -0.3 is 15.2 Å². The van der Waals surface area contributed by atoms with E-state index in [1.807, 2.05) is 42.7 Å². The van der Waals surface area contributed by atoms with E-state index in [-0.39, 0.29) is 6.61 Å². The molecule has 2 aromatic rings. The molecule has 1 aromatic carbocycles. The molecule has 0 spiro atoms. The third kappa shape index (κ3) is 3.42. The third-order valence-electron chi connectivity index (χ3n) is 4.02. The summed E-state index contributed by atoms with van der Waals surface area (Å²) < 4.78 is 5.50. The molecule has 2 N–H and O–H groups in total. The fraction of sp³-hybridized carbons (Fsp3) is 0.471. The molecule has 1 fully saturated rings. The maximum absolute atomic E-state index is 9.44. The van der Waals surface area contributed by atoms with Gasteiger partial charge in [0.1, 0.15) is 5.75 Å². The van der Waals surface area contributed by atoms with E-state index in [4.69, 9.17) is 4.74 Å². The van der Waals surface area contributed by atoms with E-state index in [9.17, 15) is 5.11 Å². The summed E-state index contributed by atoms with van der Waals surface area (Å²) in [5.74, 6) is 1.45. The summed E-state index contributed by atoms with van der Waals surface area (Å²) in [7, 11) is 0. The van der Waals surface area contributed by atoms with Crippen LogP contribution in [0.3, 0.4) is 0 Å². The van der Waals surface area contributed by atoms with Crippen LogP contribution in [0.5, 0.6) is 5.75 Å². The van der Waals surface area contributed by atoms with Gasteiger partial charge in [-0.05, 0) is 38.0 Å². The molecular weight excluding hydrogens is 296 g/mol. The Labute approximate surface area is 135 Å². The summed E-state index contributed by atoms with van der Waals surface area (Å²) >= 11 is 1.81. The maximum Gasteiger partial charge on any atom is 0.124 e. The number of rotatable bonds is 7. The van der Waals surface area contributed by atoms with Crippen molar-refractivity contribution in [3.63, 3.8) is 0 Å². The first kappa shape index (κ1) is 15.3. The summed E-state index contributed by atoms with van der Waals surface area (Å²) in [6, 6.07) is 5.83. The minimum absolute atomic E-state index is 0.0166. The lowest BCUT2D eigenvalue weighted by Gasteiger charge is -2.22. The predicted molar refractivity (Wildman–Crippen MR) is 89.6 cm³/mol. The highest BCUT2D eigenvalue weighted by Crippen LogP contribution is 2.38. The number of hydrogen-bond acceptors (Lipinski definition) is 5. The molecule has 3 rings (SSSR count). The first-order chi connectivity index (χ1) is 10.8. The van der Waals surface area contributed by atoms with E-state index in [1.165, 1.54) is 29.1 Å². The van der Waals surface area contributed by atoms with Crippen molar-refractivity contribution in [2.45, 2.75) is 45.3 Å². The van der Waals surface area contributed by atoms with E-state index in [0.29, 0.717) is 12.5 Å². The lowest BCUT2D eigenvalue weighted by Crippen LogP contribution is -2.07. The monoisotopic (exact) mass is 318 g/mol. The molecule has 0 amide bonds. The van der Waals surface area contributed by atoms with Gasteiger partial charge in [-0.25, -0.2) is 4.98 Å². The minimum atomic E-state index is -0.0166. The van der Waals surface area contributed by atoms with Gasteiger partial charge in [0.05, 0.1) is 24.8 Å². The van der Waals surface area contributed by atoms with E-state index >= 15 is 0 Å². The van der Waals surface area contributed by atoms with Gasteiger partial charge >= 0.3 is 0 Å². The Morgan fingerprint density at radius 2 is 2.27 bits per heavy atom. The Hall–Kier alpha value is -1.59. The zero-order valence-electron chi connectivity index (χ0n) is 12.8. The van der Waals surface area contributed by atoms with Gasteiger partial charge in [0.25, 0.3) is 0 Å². The number of aliphatic hydroxyl groups is 1. The van der Waals surface area contributed by atoms with Crippen LogP contribution in [0.1, 0.15) is 47.6 Å². The lowest BCUT2D eigenvalue weighted by atomic mass is 9.86. The normalized spacial score (nSPS) is 14.6. The van der Waals surface area contributed by atoms with Gasteiger partial charge in [-0.2, -0.15) is 0 Å². The number of nitrogens with zero attached hydrogens (tertiary/aromatic N) is 1. The fourth-order valence-corrected chi connectivity index (χ4v) is 3.57. The van der Waals surface area contributed by atoms with Gasteiger partial charge in [-0.15, -0.1) is 11.3 Å². The Bertz CT molecular complexity index is 623. The van der Waals surface area contributed by atoms with Crippen molar-refractivity contribution >= 4 is 17.0 Å². The molecule has 0 bridgehead atoms. The summed E-state index contributed by atoms with van der Waals surface area (Å²) in [5, 5.41) is 14.1. The number of ether oxygens (including phenoxy) is 1. The van der Waals surface area contributed by atoms with E-state index in [0.717, 1.165) is 23.5 Å². The second-order valence-electron chi connectivity index (χ2n) is 5.56. The molecule has 1 saturated carbocycles. The predicted octanol–water partition coefficient (Wildman–Crippen LogP) is 3.91. The van der Waals surface area contributed by atoms with Crippen molar-refractivity contribution in [1.82, 2.24) is 4.98 Å². The summed E-state index contributed by atoms with van der Waals surface area (Å²) in [6.45, 7) is 3.29. The highest BCUT2D eigenvalue weighted by atomic mass is 32.1. The first-order valence-corrected chi connectivity index (χ1v) is 8.67. The number of aliphatic hydroxyl groups excluding tert-OH is 1. The number of hydrogen-bond donors (Lipinski definition) is 2. The van der Waals surface area contributed by atoms with Crippen LogP contribution >= 0.6 is 11.3 Å². The Balaban J connectivity index is 1.61. The fourth-order valence-electron chi connectivity index (χ4n) is 2.55. The summed E-state index contributed by atoms with van der Waals surface area (Å²) in [4.78, 5) is 5.79. The molecule has 1 aliphatic rings. The van der Waals surface area contributed by atoms with Gasteiger partial charge in [-0.3, -0.25) is 0 Å². The van der Waals surface area contributed by atoms with Gasteiger partial charge in [0.2, 0.25) is 0 Å². The van der Waals surface area contributed by atoms with Crippen LogP contribution in [0.4, 0.5) is 5.69 Å². The second kappa shape index (κ2) is 7.11. The van der Waals surface area contributed by atoms with E-state index in [2.05, 4.69) is 10.3 Å². The lowest BCUT2D eigenvalue weighted by molar-refractivity contribution is 0.267. The van der Waals surface area contributed by atoms with Gasteiger partial charge in [-0.1, -0.05) is 6.42 Å². The molecule has 4 nitrogen and oxygen atoms in total. The van der Waals surface area contributed by atoms with Crippen molar-refractivity contribution in [3.8, 4) is 5.75 Å². The summed E-state index contributed by atoms with van der Waals surface area (Å²) in [5.41, 5.74) is 1.80. The van der Waals surface area contributed by atoms with Crippen LogP contribution in [-0.2, 0) is 13.2 Å². The van der Waals surface area contributed by atoms with Crippen molar-refractivity contribution in [1.29, 1.82) is 0 Å². The zero-order chi connectivity index (χ0) is 15.4. The molecule has 5 heteroatoms. The molecule has 22 heavy (non-hydrogen) atoms. The van der Waals surface area contributed by atoms with Crippen LogP contribution in [0.25, 0.3) is 0 Å². The SMILES string of the molecule is CCOc1ccc(NCc2cnc(C3CCC3)s2)cc1CO.